The Morgan fingerprint density at radius 2 is 1.87 bits per heavy atom. The predicted molar refractivity (Wildman–Crippen MR) is 119 cm³/mol. The van der Waals surface area contributed by atoms with Crippen LogP contribution in [0, 0.1) is 0 Å². The van der Waals surface area contributed by atoms with Crippen LogP contribution in [0.5, 0.6) is 11.5 Å². The number of anilines is 1. The van der Waals surface area contributed by atoms with Gasteiger partial charge in [0, 0.05) is 0 Å². The van der Waals surface area contributed by atoms with E-state index in [1.54, 1.807) is 12.1 Å². The number of rotatable bonds is 10. The minimum atomic E-state index is -3.74. The number of hydrogen-bond acceptors (Lipinski definition) is 5. The van der Waals surface area contributed by atoms with Gasteiger partial charge < -0.3 is 14.8 Å². The first-order valence-corrected chi connectivity index (χ1v) is 11.7. The molecule has 2 aromatic rings. The van der Waals surface area contributed by atoms with Gasteiger partial charge in [0.25, 0.3) is 0 Å². The molecule has 7 nitrogen and oxygen atoms in total. The van der Waals surface area contributed by atoms with E-state index >= 15 is 0 Å². The van der Waals surface area contributed by atoms with Crippen LogP contribution in [-0.2, 0) is 21.2 Å². The Morgan fingerprint density at radius 3 is 2.40 bits per heavy atom. The largest absolute Gasteiger partial charge is 0.495 e. The summed E-state index contributed by atoms with van der Waals surface area (Å²) in [5, 5.41) is 2.96. The van der Waals surface area contributed by atoms with Gasteiger partial charge in [-0.1, -0.05) is 30.7 Å². The third-order valence-corrected chi connectivity index (χ3v) is 6.02. The molecule has 0 aliphatic rings. The second-order valence-corrected chi connectivity index (χ2v) is 8.96. The summed E-state index contributed by atoms with van der Waals surface area (Å²) in [7, 11) is -2.27. The quantitative estimate of drug-likeness (QED) is 0.557. The van der Waals surface area contributed by atoms with Gasteiger partial charge >= 0.3 is 0 Å². The van der Waals surface area contributed by atoms with Crippen molar-refractivity contribution in [1.82, 2.24) is 5.32 Å². The molecule has 0 fully saturated rings. The van der Waals surface area contributed by atoms with E-state index in [1.165, 1.54) is 25.7 Å². The molecular weight excluding hydrogens is 428 g/mol. The van der Waals surface area contributed by atoms with E-state index in [-0.39, 0.29) is 23.9 Å². The molecule has 0 saturated heterocycles. The summed E-state index contributed by atoms with van der Waals surface area (Å²) in [6.45, 7) is 4.09. The summed E-state index contributed by atoms with van der Waals surface area (Å²) in [6.07, 6.45) is 1.99. The van der Waals surface area contributed by atoms with E-state index in [0.717, 1.165) is 17.0 Å². The second kappa shape index (κ2) is 10.5. The highest BCUT2D eigenvalue weighted by molar-refractivity contribution is 7.92. The van der Waals surface area contributed by atoms with Crippen molar-refractivity contribution in [3.8, 4) is 11.5 Å². The second-order valence-electron chi connectivity index (χ2n) is 6.69. The molecule has 2 aromatic carbocycles. The lowest BCUT2D eigenvalue weighted by Gasteiger charge is -2.28. The maximum Gasteiger partial charge on any atom is 0.243 e. The Balaban J connectivity index is 2.00. The third kappa shape index (κ3) is 6.27. The molecule has 1 unspecified atom stereocenters. The van der Waals surface area contributed by atoms with Crippen LogP contribution in [-0.4, -0.2) is 46.9 Å². The molecule has 2 rings (SSSR count). The highest BCUT2D eigenvalue weighted by atomic mass is 35.5. The van der Waals surface area contributed by atoms with Crippen molar-refractivity contribution in [2.45, 2.75) is 26.3 Å². The zero-order valence-corrected chi connectivity index (χ0v) is 19.1. The highest BCUT2D eigenvalue weighted by Gasteiger charge is 2.29. The molecule has 164 valence electrons. The lowest BCUT2D eigenvalue weighted by molar-refractivity contribution is -0.121. The molecule has 0 aliphatic carbocycles. The number of aryl methyl sites for hydroxylation is 1. The van der Waals surface area contributed by atoms with Crippen molar-refractivity contribution in [2.24, 2.45) is 0 Å². The molecule has 0 aromatic heterocycles. The maximum absolute atomic E-state index is 12.6. The Hall–Kier alpha value is -2.45. The topological polar surface area (TPSA) is 84.9 Å². The SMILES string of the molecule is CCc1ccc(OCCNC(=O)C(C)N(c2ccc(OC)c(Cl)c2)S(C)(=O)=O)cc1. The first-order chi connectivity index (χ1) is 14.2. The average molecular weight is 455 g/mol. The van der Waals surface area contributed by atoms with Crippen molar-refractivity contribution >= 4 is 33.2 Å². The zero-order valence-electron chi connectivity index (χ0n) is 17.5. The molecule has 1 amide bonds. The van der Waals surface area contributed by atoms with Crippen LogP contribution in [0.3, 0.4) is 0 Å². The Labute approximate surface area is 183 Å². The predicted octanol–water partition coefficient (Wildman–Crippen LogP) is 3.26. The van der Waals surface area contributed by atoms with Crippen molar-refractivity contribution in [3.05, 3.63) is 53.1 Å². The first kappa shape index (κ1) is 23.8. The third-order valence-electron chi connectivity index (χ3n) is 4.48. The molecule has 30 heavy (non-hydrogen) atoms. The monoisotopic (exact) mass is 454 g/mol. The first-order valence-electron chi connectivity index (χ1n) is 9.49. The van der Waals surface area contributed by atoms with Crippen LogP contribution in [0.15, 0.2) is 42.5 Å². The van der Waals surface area contributed by atoms with Crippen LogP contribution >= 0.6 is 11.6 Å². The molecule has 0 radical (unpaired) electrons. The fraction of sp³-hybridized carbons (Fsp3) is 0.381. The minimum absolute atomic E-state index is 0.236. The number of benzene rings is 2. The van der Waals surface area contributed by atoms with E-state index in [0.29, 0.717) is 11.5 Å². The van der Waals surface area contributed by atoms with E-state index in [2.05, 4.69) is 12.2 Å². The number of nitrogens with one attached hydrogen (secondary N) is 1. The summed E-state index contributed by atoms with van der Waals surface area (Å²) in [5.41, 5.74) is 1.49. The van der Waals surface area contributed by atoms with Gasteiger partial charge in [0.05, 0.1) is 30.6 Å². The lowest BCUT2D eigenvalue weighted by atomic mass is 10.2. The summed E-state index contributed by atoms with van der Waals surface area (Å²) < 4.78 is 36.4. The number of carbonyl (C=O) groups is 1. The number of sulfonamides is 1. The summed E-state index contributed by atoms with van der Waals surface area (Å²) in [5.74, 6) is 0.674. The van der Waals surface area contributed by atoms with E-state index < -0.39 is 22.0 Å². The number of halogens is 1. The van der Waals surface area contributed by atoms with E-state index in [9.17, 15) is 13.2 Å². The van der Waals surface area contributed by atoms with Gasteiger partial charge in [-0.25, -0.2) is 8.42 Å². The highest BCUT2D eigenvalue weighted by Crippen LogP contribution is 2.31. The Bertz CT molecular complexity index is 964. The van der Waals surface area contributed by atoms with Crippen molar-refractivity contribution in [2.75, 3.05) is 30.8 Å². The molecule has 0 aliphatic heterocycles. The summed E-state index contributed by atoms with van der Waals surface area (Å²) in [4.78, 5) is 12.6. The van der Waals surface area contributed by atoms with Gasteiger partial charge in [-0.05, 0) is 49.2 Å². The maximum atomic E-state index is 12.6. The van der Waals surface area contributed by atoms with Gasteiger partial charge in [0.15, 0.2) is 0 Å². The van der Waals surface area contributed by atoms with Gasteiger partial charge in [-0.2, -0.15) is 0 Å². The van der Waals surface area contributed by atoms with Crippen molar-refractivity contribution in [3.63, 3.8) is 0 Å². The normalized spacial score (nSPS) is 12.2. The molecule has 0 spiro atoms. The lowest BCUT2D eigenvalue weighted by Crippen LogP contribution is -2.48. The van der Waals surface area contributed by atoms with E-state index in [4.69, 9.17) is 21.1 Å². The number of carbonyl (C=O) groups excluding carboxylic acids is 1. The molecule has 0 saturated carbocycles. The number of methoxy groups -OCH3 is 1. The van der Waals surface area contributed by atoms with Crippen LogP contribution in [0.4, 0.5) is 5.69 Å². The fourth-order valence-electron chi connectivity index (χ4n) is 2.91. The Kier molecular flexibility index (Phi) is 8.37. The van der Waals surface area contributed by atoms with Gasteiger partial charge in [0.2, 0.25) is 15.9 Å². The average Bonchev–Trinajstić information content (AvgIpc) is 2.70. The number of amides is 1. The smallest absolute Gasteiger partial charge is 0.243 e. The van der Waals surface area contributed by atoms with Crippen molar-refractivity contribution < 1.29 is 22.7 Å². The molecule has 1 N–H and O–H groups in total. The number of ether oxygens (including phenoxy) is 2. The van der Waals surface area contributed by atoms with Gasteiger partial charge in [-0.15, -0.1) is 0 Å². The molecule has 0 heterocycles. The van der Waals surface area contributed by atoms with Crippen LogP contribution < -0.4 is 19.1 Å². The zero-order chi connectivity index (χ0) is 22.3. The molecule has 1 atom stereocenters. The summed E-state index contributed by atoms with van der Waals surface area (Å²) >= 11 is 6.12. The summed E-state index contributed by atoms with van der Waals surface area (Å²) in [6, 6.07) is 11.3. The fourth-order valence-corrected chi connectivity index (χ4v) is 4.33. The standard InChI is InChI=1S/C21H27ClN2O5S/c1-5-16-6-9-18(10-7-16)29-13-12-23-21(25)15(2)24(30(4,26)27)17-8-11-20(28-3)19(22)14-17/h6-11,14-15H,5,12-13H2,1-4H3,(H,23,25). The Morgan fingerprint density at radius 1 is 1.20 bits per heavy atom. The number of nitrogens with zero attached hydrogens (tertiary/aromatic N) is 1. The minimum Gasteiger partial charge on any atom is -0.495 e. The van der Waals surface area contributed by atoms with Gasteiger partial charge in [0.1, 0.15) is 24.1 Å². The number of hydrogen-bond donors (Lipinski definition) is 1. The van der Waals surface area contributed by atoms with Crippen LogP contribution in [0.1, 0.15) is 19.4 Å². The molecular formula is C21H27ClN2O5S. The van der Waals surface area contributed by atoms with Gasteiger partial charge in [-0.3, -0.25) is 9.10 Å². The molecule has 0 bridgehead atoms. The van der Waals surface area contributed by atoms with Crippen molar-refractivity contribution in [1.29, 1.82) is 0 Å². The van der Waals surface area contributed by atoms with Crippen LogP contribution in [0.25, 0.3) is 0 Å². The van der Waals surface area contributed by atoms with E-state index in [1.807, 2.05) is 24.3 Å². The molecule has 9 heteroatoms. The van der Waals surface area contributed by atoms with Crippen LogP contribution in [0.2, 0.25) is 5.02 Å².